The second-order valence-corrected chi connectivity index (χ2v) is 8.80. The predicted octanol–water partition coefficient (Wildman–Crippen LogP) is 3.78. The lowest BCUT2D eigenvalue weighted by atomic mass is 10.0. The van der Waals surface area contributed by atoms with Crippen molar-refractivity contribution in [2.45, 2.75) is 39.8 Å². The Balaban J connectivity index is 1.63. The molecule has 0 spiro atoms. The van der Waals surface area contributed by atoms with E-state index in [0.717, 1.165) is 24.4 Å². The van der Waals surface area contributed by atoms with Crippen molar-refractivity contribution in [1.82, 2.24) is 9.80 Å². The number of rotatable bonds is 6. The molecule has 0 radical (unpaired) electrons. The lowest BCUT2D eigenvalue weighted by Gasteiger charge is -2.37. The number of carbonyl (C=O) groups excluding carboxylic acids is 2. The van der Waals surface area contributed by atoms with E-state index in [-0.39, 0.29) is 24.0 Å². The molecule has 2 aromatic carbocycles. The van der Waals surface area contributed by atoms with Crippen molar-refractivity contribution < 1.29 is 14.3 Å². The van der Waals surface area contributed by atoms with Crippen molar-refractivity contribution in [3.05, 3.63) is 65.9 Å². The summed E-state index contributed by atoms with van der Waals surface area (Å²) >= 11 is 0. The fourth-order valence-electron chi connectivity index (χ4n) is 4.36. The molecule has 2 amide bonds. The van der Waals surface area contributed by atoms with Crippen LogP contribution in [0.25, 0.3) is 5.57 Å². The Hall–Kier alpha value is -3.28. The fourth-order valence-corrected chi connectivity index (χ4v) is 4.36. The number of anilines is 1. The van der Waals surface area contributed by atoms with Gasteiger partial charge in [-0.15, -0.1) is 0 Å². The number of amides is 2. The van der Waals surface area contributed by atoms with Gasteiger partial charge in [-0.05, 0) is 57.5 Å². The van der Waals surface area contributed by atoms with Gasteiger partial charge in [-0.2, -0.15) is 0 Å². The van der Waals surface area contributed by atoms with Gasteiger partial charge in [-0.25, -0.2) is 0 Å². The second kappa shape index (κ2) is 9.07. The highest BCUT2D eigenvalue weighted by Crippen LogP contribution is 2.34. The third-order valence-corrected chi connectivity index (χ3v) is 5.84. The maximum Gasteiger partial charge on any atom is 0.278 e. The SMILES string of the molecule is CC(C)Oc1ccc(C2=C(N3CCN(c4ccccc4)CC3)C(=O)N(C(C)C)C2=O)cc1. The van der Waals surface area contributed by atoms with Crippen molar-refractivity contribution in [2.75, 3.05) is 31.1 Å². The van der Waals surface area contributed by atoms with Gasteiger partial charge in [0.15, 0.2) is 0 Å². The summed E-state index contributed by atoms with van der Waals surface area (Å²) in [4.78, 5) is 32.5. The van der Waals surface area contributed by atoms with Crippen LogP contribution in [0.15, 0.2) is 60.3 Å². The fraction of sp³-hybridized carbons (Fsp3) is 0.385. The molecule has 0 atom stereocenters. The van der Waals surface area contributed by atoms with Crippen LogP contribution in [0.5, 0.6) is 5.75 Å². The van der Waals surface area contributed by atoms with E-state index in [0.29, 0.717) is 24.4 Å². The molecule has 1 fully saturated rings. The highest BCUT2D eigenvalue weighted by atomic mass is 16.5. The summed E-state index contributed by atoms with van der Waals surface area (Å²) in [6, 6.07) is 17.6. The summed E-state index contributed by atoms with van der Waals surface area (Å²) in [6.07, 6.45) is 0.0719. The van der Waals surface area contributed by atoms with Crippen molar-refractivity contribution in [1.29, 1.82) is 0 Å². The van der Waals surface area contributed by atoms with E-state index in [4.69, 9.17) is 4.74 Å². The van der Waals surface area contributed by atoms with Crippen LogP contribution in [0.4, 0.5) is 5.69 Å². The van der Waals surface area contributed by atoms with Gasteiger partial charge in [0.05, 0.1) is 11.7 Å². The largest absolute Gasteiger partial charge is 0.491 e. The molecule has 0 N–H and O–H groups in total. The average Bonchev–Trinajstić information content (AvgIpc) is 3.05. The minimum atomic E-state index is -0.219. The highest BCUT2D eigenvalue weighted by Gasteiger charge is 2.43. The topological polar surface area (TPSA) is 53.1 Å². The van der Waals surface area contributed by atoms with Crippen LogP contribution in [-0.2, 0) is 9.59 Å². The van der Waals surface area contributed by atoms with E-state index >= 15 is 0 Å². The summed E-state index contributed by atoms with van der Waals surface area (Å²) in [5, 5.41) is 0. The molecule has 0 unspecified atom stereocenters. The normalized spacial score (nSPS) is 17.2. The Labute approximate surface area is 190 Å². The Kier molecular flexibility index (Phi) is 6.21. The molecule has 6 heteroatoms. The zero-order chi connectivity index (χ0) is 22.8. The molecule has 2 aromatic rings. The predicted molar refractivity (Wildman–Crippen MR) is 126 cm³/mol. The first kappa shape index (κ1) is 21.9. The Morgan fingerprint density at radius 2 is 1.34 bits per heavy atom. The van der Waals surface area contributed by atoms with Gasteiger partial charge >= 0.3 is 0 Å². The first-order valence-corrected chi connectivity index (χ1v) is 11.3. The van der Waals surface area contributed by atoms with E-state index in [1.54, 1.807) is 0 Å². The number of para-hydroxylation sites is 1. The minimum absolute atomic E-state index is 0.0719. The lowest BCUT2D eigenvalue weighted by Crippen LogP contribution is -2.48. The number of hydrogen-bond acceptors (Lipinski definition) is 5. The molecule has 2 aliphatic rings. The van der Waals surface area contributed by atoms with Gasteiger partial charge < -0.3 is 14.5 Å². The maximum atomic E-state index is 13.4. The molecule has 0 bridgehead atoms. The minimum Gasteiger partial charge on any atom is -0.491 e. The molecule has 2 heterocycles. The van der Waals surface area contributed by atoms with Crippen molar-refractivity contribution in [3.63, 3.8) is 0 Å². The Morgan fingerprint density at radius 1 is 0.750 bits per heavy atom. The summed E-state index contributed by atoms with van der Waals surface area (Å²) in [5.74, 6) is 0.332. The standard InChI is InChI=1S/C26H31N3O3/c1-18(2)29-25(30)23(20-10-12-22(13-11-20)32-19(3)4)24(26(29)31)28-16-14-27(15-17-28)21-8-6-5-7-9-21/h5-13,18-19H,14-17H2,1-4H3. The molecule has 0 saturated carbocycles. The van der Waals surface area contributed by atoms with E-state index < -0.39 is 0 Å². The molecule has 32 heavy (non-hydrogen) atoms. The van der Waals surface area contributed by atoms with E-state index in [1.165, 1.54) is 10.6 Å². The van der Waals surface area contributed by atoms with Gasteiger partial charge in [0, 0.05) is 37.9 Å². The zero-order valence-electron chi connectivity index (χ0n) is 19.2. The molecule has 0 aliphatic carbocycles. The number of hydrogen-bond donors (Lipinski definition) is 0. The molecule has 2 aliphatic heterocycles. The van der Waals surface area contributed by atoms with E-state index in [1.807, 2.05) is 70.2 Å². The van der Waals surface area contributed by atoms with Gasteiger partial charge in [0.25, 0.3) is 11.8 Å². The van der Waals surface area contributed by atoms with Crippen LogP contribution in [0.2, 0.25) is 0 Å². The first-order valence-electron chi connectivity index (χ1n) is 11.3. The third kappa shape index (κ3) is 4.22. The van der Waals surface area contributed by atoms with Crippen LogP contribution >= 0.6 is 0 Å². The second-order valence-electron chi connectivity index (χ2n) is 8.80. The highest BCUT2D eigenvalue weighted by molar-refractivity contribution is 6.35. The van der Waals surface area contributed by atoms with E-state index in [9.17, 15) is 9.59 Å². The quantitative estimate of drug-likeness (QED) is 0.649. The van der Waals surface area contributed by atoms with Crippen LogP contribution in [0, 0.1) is 0 Å². The Morgan fingerprint density at radius 3 is 1.91 bits per heavy atom. The number of ether oxygens (including phenoxy) is 1. The summed E-state index contributed by atoms with van der Waals surface area (Å²) in [7, 11) is 0. The van der Waals surface area contributed by atoms with Gasteiger partial charge in [-0.1, -0.05) is 30.3 Å². The maximum absolute atomic E-state index is 13.4. The van der Waals surface area contributed by atoms with Crippen LogP contribution in [0.3, 0.4) is 0 Å². The first-order chi connectivity index (χ1) is 15.4. The van der Waals surface area contributed by atoms with Crippen LogP contribution < -0.4 is 9.64 Å². The van der Waals surface area contributed by atoms with Crippen molar-refractivity contribution >= 4 is 23.1 Å². The number of imide groups is 1. The van der Waals surface area contributed by atoms with Crippen molar-refractivity contribution in [3.8, 4) is 5.75 Å². The van der Waals surface area contributed by atoms with Crippen LogP contribution in [0.1, 0.15) is 33.3 Å². The number of carbonyl (C=O) groups is 2. The molecule has 1 saturated heterocycles. The molecule has 4 rings (SSSR count). The number of benzene rings is 2. The molecule has 6 nitrogen and oxygen atoms in total. The zero-order valence-corrected chi connectivity index (χ0v) is 19.2. The smallest absolute Gasteiger partial charge is 0.278 e. The molecular weight excluding hydrogens is 402 g/mol. The summed E-state index contributed by atoms with van der Waals surface area (Å²) in [5.41, 5.74) is 2.95. The van der Waals surface area contributed by atoms with Gasteiger partial charge in [0.1, 0.15) is 11.4 Å². The molecule has 168 valence electrons. The molecule has 0 aromatic heterocycles. The van der Waals surface area contributed by atoms with E-state index in [2.05, 4.69) is 21.9 Å². The summed E-state index contributed by atoms with van der Waals surface area (Å²) < 4.78 is 5.74. The monoisotopic (exact) mass is 433 g/mol. The third-order valence-electron chi connectivity index (χ3n) is 5.84. The number of piperazine rings is 1. The lowest BCUT2D eigenvalue weighted by molar-refractivity contribution is -0.139. The average molecular weight is 434 g/mol. The van der Waals surface area contributed by atoms with Gasteiger partial charge in [0.2, 0.25) is 0 Å². The van der Waals surface area contributed by atoms with Crippen LogP contribution in [-0.4, -0.2) is 59.9 Å². The molecular formula is C26H31N3O3. The van der Waals surface area contributed by atoms with Crippen molar-refractivity contribution in [2.24, 2.45) is 0 Å². The Bertz CT molecular complexity index is 1000. The number of nitrogens with zero attached hydrogens (tertiary/aromatic N) is 3. The summed E-state index contributed by atoms with van der Waals surface area (Å²) in [6.45, 7) is 10.7. The van der Waals surface area contributed by atoms with Gasteiger partial charge in [-0.3, -0.25) is 14.5 Å².